The van der Waals surface area contributed by atoms with Gasteiger partial charge in [0.05, 0.1) is 83.4 Å². The van der Waals surface area contributed by atoms with Crippen molar-refractivity contribution in [3.8, 4) is 17.2 Å². The number of aliphatic hydroxyl groups is 20. The average Bonchev–Trinajstić information content (AvgIpc) is 1.62. The number of aliphatic carboxylic acids is 3. The highest BCUT2D eigenvalue weighted by Gasteiger charge is 2.49. The Morgan fingerprint density at radius 3 is 0.951 bits per heavy atom. The number of aliphatic hydroxyl groups excluding tert-OH is 20. The lowest BCUT2D eigenvalue weighted by molar-refractivity contribution is -0.635. The molecule has 123 heavy (non-hydrogen) atoms. The van der Waals surface area contributed by atoms with Crippen molar-refractivity contribution in [3.63, 3.8) is 0 Å². The van der Waals surface area contributed by atoms with E-state index in [9.17, 15) is 80.8 Å². The molecule has 33 nitrogen and oxygen atoms in total. The smallest absolute Gasteiger partial charge is 0.341 e. The van der Waals surface area contributed by atoms with E-state index in [1.54, 1.807) is 37.1 Å². The second kappa shape index (κ2) is 58.9. The number of benzene rings is 3. The number of carboxylic acids is 3. The lowest BCUT2D eigenvalue weighted by atomic mass is 9.73. The summed E-state index contributed by atoms with van der Waals surface area (Å²) in [7, 11) is 5.10. The zero-order valence-electron chi connectivity index (χ0n) is 73.1. The molecule has 0 amide bonds. The summed E-state index contributed by atoms with van der Waals surface area (Å²) in [6, 6.07) is 17.5. The van der Waals surface area contributed by atoms with Crippen LogP contribution in [0.5, 0.6) is 17.2 Å². The quantitative estimate of drug-likeness (QED) is 0.0185. The molecule has 27 atom stereocenters. The highest BCUT2D eigenvalue weighted by molar-refractivity contribution is 5.68. The molecule has 9 rings (SSSR count). The van der Waals surface area contributed by atoms with Crippen LogP contribution in [0.4, 0.5) is 0 Å². The number of unbranched alkanes of at least 4 members (excludes halogenated alkanes) is 6. The lowest BCUT2D eigenvalue weighted by Crippen LogP contribution is -2.83. The number of rotatable bonds is 48. The molecule has 3 saturated carbocycles. The highest BCUT2D eigenvalue weighted by atomic mass is 16.5. The molecule has 6 aliphatic rings. The number of likely N-dealkylation sites (N-methyl/N-ethyl adjacent to an activating group) is 3. The first-order valence-electron chi connectivity index (χ1n) is 44.9. The molecule has 3 aromatic carbocycles. The summed E-state index contributed by atoms with van der Waals surface area (Å²) in [5, 5.41) is 231. The molecule has 0 spiro atoms. The van der Waals surface area contributed by atoms with Gasteiger partial charge in [-0.1, -0.05) is 115 Å². The molecular formula is C90H155N3O30+2. The Bertz CT molecular complexity index is 3050. The molecular weight excluding hydrogens is 1600 g/mol. The van der Waals surface area contributed by atoms with Crippen molar-refractivity contribution in [2.75, 3.05) is 80.4 Å². The van der Waals surface area contributed by atoms with Crippen molar-refractivity contribution >= 4 is 17.9 Å². The van der Waals surface area contributed by atoms with Crippen LogP contribution in [-0.4, -0.2) is 321 Å². The van der Waals surface area contributed by atoms with Crippen LogP contribution < -0.4 is 40.4 Å². The maximum absolute atomic E-state index is 10.8. The van der Waals surface area contributed by atoms with Gasteiger partial charge in [0.2, 0.25) is 0 Å². The van der Waals surface area contributed by atoms with Gasteiger partial charge in [0.15, 0.2) is 12.7 Å². The van der Waals surface area contributed by atoms with E-state index in [1.165, 1.54) is 29.5 Å². The van der Waals surface area contributed by atoms with E-state index in [-0.39, 0.29) is 74.7 Å². The van der Waals surface area contributed by atoms with Crippen molar-refractivity contribution in [3.05, 3.63) is 88.0 Å². The summed E-state index contributed by atoms with van der Waals surface area (Å²) in [6.07, 6.45) is 7.41. The molecule has 12 unspecified atom stereocenters. The molecule has 0 aromatic heterocycles. The van der Waals surface area contributed by atoms with Gasteiger partial charge >= 0.3 is 5.97 Å². The van der Waals surface area contributed by atoms with E-state index >= 15 is 0 Å². The van der Waals surface area contributed by atoms with Gasteiger partial charge in [-0.25, -0.2) is 4.79 Å². The van der Waals surface area contributed by atoms with Gasteiger partial charge < -0.3 is 162 Å². The number of nitrogens with two attached hydrogens (primary N) is 3. The van der Waals surface area contributed by atoms with Crippen LogP contribution in [-0.2, 0) is 52.9 Å². The van der Waals surface area contributed by atoms with Crippen LogP contribution in [0, 0.1) is 53.3 Å². The average molecular weight is 1760 g/mol. The zero-order valence-corrected chi connectivity index (χ0v) is 73.1. The Morgan fingerprint density at radius 1 is 0.398 bits per heavy atom. The molecule has 3 fully saturated rings. The third kappa shape index (κ3) is 36.5. The van der Waals surface area contributed by atoms with Gasteiger partial charge in [-0.05, 0) is 208 Å². The first-order valence-corrected chi connectivity index (χ1v) is 44.9. The third-order valence-corrected chi connectivity index (χ3v) is 25.4. The van der Waals surface area contributed by atoms with Crippen LogP contribution in [0.1, 0.15) is 189 Å². The predicted molar refractivity (Wildman–Crippen MR) is 450 cm³/mol. The van der Waals surface area contributed by atoms with E-state index in [2.05, 4.69) is 39.0 Å². The van der Waals surface area contributed by atoms with Crippen molar-refractivity contribution in [2.24, 2.45) is 53.3 Å². The SMILES string of the molecule is CCCCC[C@H](O)CC[C@@H]1[C@H]2Cc3cccc(OCC(=O)O)c3C[C@H]2C[C@H]1[OH2+].CCCCC[C@H](O)CC[C@@H]1[C@H]2Cc3cccc(OCC(=O)[O-])c3C[C@H]2C[C@H]1O.CCCCC[C@H](O)CC[C@@H]1[C@H]2Cc3cccc(OCC(=O)[O-])c3C[C@H]2C[C@H]1O.C[NH2+]CC(O)C(O)C(O)C(O)CO.C[NH2+]CC(O)C(O)C(O)C(O)CO.C[NH2+]CC(O)C(O)C(O)C(O)CO. The lowest BCUT2D eigenvalue weighted by Gasteiger charge is -2.32. The number of fused-ring (bicyclic) bond motifs is 6. The van der Waals surface area contributed by atoms with E-state index in [0.717, 1.165) is 177 Å². The molecule has 0 radical (unpaired) electrons. The molecule has 708 valence electrons. The topological polar surface area (TPSA) is 623 Å². The largest absolute Gasteiger partial charge is 0.546 e. The van der Waals surface area contributed by atoms with Crippen LogP contribution >= 0.6 is 0 Å². The summed E-state index contributed by atoms with van der Waals surface area (Å²) in [6.45, 7) is 4.01. The Hall–Kier alpha value is -5.49. The summed E-state index contributed by atoms with van der Waals surface area (Å²) >= 11 is 0. The minimum atomic E-state index is -1.53. The fourth-order valence-electron chi connectivity index (χ4n) is 18.6. The molecule has 0 aliphatic heterocycles. The van der Waals surface area contributed by atoms with E-state index < -0.39 is 124 Å². The number of carboxylic acid groups (broad SMARTS) is 3. The fraction of sp³-hybridized carbons (Fsp3) is 0.767. The minimum Gasteiger partial charge on any atom is -0.546 e. The maximum atomic E-state index is 10.8. The first kappa shape index (κ1) is 110. The van der Waals surface area contributed by atoms with Crippen molar-refractivity contribution < 1.29 is 167 Å². The Morgan fingerprint density at radius 2 is 0.675 bits per heavy atom. The van der Waals surface area contributed by atoms with Gasteiger partial charge in [0, 0.05) is 12.3 Å². The van der Waals surface area contributed by atoms with Gasteiger partial charge in [-0.15, -0.1) is 0 Å². The number of hydrogen-bond acceptors (Lipinski definition) is 28. The summed E-state index contributed by atoms with van der Waals surface area (Å²) < 4.78 is 16.4. The van der Waals surface area contributed by atoms with Gasteiger partial charge in [-0.2, -0.15) is 0 Å². The van der Waals surface area contributed by atoms with E-state index in [0.29, 0.717) is 58.7 Å². The zero-order chi connectivity index (χ0) is 91.6. The van der Waals surface area contributed by atoms with Crippen molar-refractivity contribution in [2.45, 2.75) is 304 Å². The molecule has 0 bridgehead atoms. The minimum absolute atomic E-state index is 0.0597. The Kier molecular flexibility index (Phi) is 52.6. The number of carbonyl (C=O) groups excluding carboxylic acids is 2. The number of carbonyl (C=O) groups is 3. The second-order valence-corrected chi connectivity index (χ2v) is 34.6. The Labute approximate surface area is 724 Å². The molecule has 0 saturated heterocycles. The predicted octanol–water partition coefficient (Wildman–Crippen LogP) is -5.34. The summed E-state index contributed by atoms with van der Waals surface area (Å²) in [4.78, 5) is 32.3. The molecule has 33 heteroatoms. The molecule has 6 aliphatic carbocycles. The van der Waals surface area contributed by atoms with Gasteiger partial charge in [0.25, 0.3) is 0 Å². The monoisotopic (exact) mass is 1760 g/mol. The maximum Gasteiger partial charge on any atom is 0.341 e. The number of ether oxygens (including phenoxy) is 3. The van der Waals surface area contributed by atoms with Crippen LogP contribution in [0.25, 0.3) is 0 Å². The molecule has 29 N–H and O–H groups in total. The van der Waals surface area contributed by atoms with E-state index in [1.807, 2.05) is 36.4 Å². The third-order valence-electron chi connectivity index (χ3n) is 25.4. The van der Waals surface area contributed by atoms with E-state index in [4.69, 9.17) is 70.4 Å². The van der Waals surface area contributed by atoms with Gasteiger partial charge in [0.1, 0.15) is 123 Å². The van der Waals surface area contributed by atoms with Crippen LogP contribution in [0.3, 0.4) is 0 Å². The number of quaternary nitrogens is 3. The highest BCUT2D eigenvalue weighted by Crippen LogP contribution is 2.52. The molecule has 0 heterocycles. The first-order chi connectivity index (χ1) is 58.6. The fourth-order valence-corrected chi connectivity index (χ4v) is 18.6. The van der Waals surface area contributed by atoms with Crippen molar-refractivity contribution in [1.82, 2.24) is 0 Å². The normalized spacial score (nSPS) is 25.1. The molecule has 3 aromatic rings. The Balaban J connectivity index is 0.000000321. The summed E-state index contributed by atoms with van der Waals surface area (Å²) in [5.41, 5.74) is 6.93. The summed E-state index contributed by atoms with van der Waals surface area (Å²) in [5.74, 6) is 1.92. The van der Waals surface area contributed by atoms with Gasteiger partial charge in [-0.3, -0.25) is 0 Å². The standard InChI is InChI=1S/3C23H34O5.3C7H17NO5/c3*1-2-3-4-7-17(24)9-10-18-19-11-15-6-5-8-22(28-14-23(26)27)20(15)12-16(19)13-21(18)25;3*1-8-2-4(10)6(12)7(13)5(11)3-9/h3*5-6,8,16-19,21,24-25H,2-4,7,9-14H2,1H3,(H,26,27);3*4-13H,2-3H2,1H3/p+2/t3*16-,17-,18+,19-,21+;;;/m000.../s1. The second-order valence-electron chi connectivity index (χ2n) is 34.6. The van der Waals surface area contributed by atoms with Crippen molar-refractivity contribution in [1.29, 1.82) is 0 Å². The number of hydrogen-bond donors (Lipinski definition) is 24. The van der Waals surface area contributed by atoms with Crippen LogP contribution in [0.15, 0.2) is 54.6 Å². The van der Waals surface area contributed by atoms with Crippen LogP contribution in [0.2, 0.25) is 0 Å².